The first-order valence-corrected chi connectivity index (χ1v) is 7.85. The van der Waals surface area contributed by atoms with Crippen LogP contribution in [0, 0.1) is 11.8 Å². The summed E-state index contributed by atoms with van der Waals surface area (Å²) in [5.41, 5.74) is 0. The number of methoxy groups -OCH3 is 1. The smallest absolute Gasteiger partial charge is 0.308 e. The quantitative estimate of drug-likeness (QED) is 0.335. The van der Waals surface area contributed by atoms with Crippen LogP contribution in [0.25, 0.3) is 0 Å². The molecule has 21 heavy (non-hydrogen) atoms. The van der Waals surface area contributed by atoms with Gasteiger partial charge in [0, 0.05) is 26.2 Å². The van der Waals surface area contributed by atoms with Gasteiger partial charge in [0.25, 0.3) is 0 Å². The molecule has 0 spiro atoms. The van der Waals surface area contributed by atoms with Gasteiger partial charge < -0.3 is 15.0 Å². The Hall–Kier alpha value is -0.530. The minimum atomic E-state index is -0.0685. The highest BCUT2D eigenvalue weighted by Gasteiger charge is 2.27. The van der Waals surface area contributed by atoms with E-state index in [9.17, 15) is 4.79 Å². The third-order valence-corrected chi connectivity index (χ3v) is 4.39. The fourth-order valence-corrected chi connectivity index (χ4v) is 2.81. The molecule has 0 aromatic rings. The second-order valence-corrected chi connectivity index (χ2v) is 5.78. The molecule has 6 heteroatoms. The van der Waals surface area contributed by atoms with E-state index < -0.39 is 0 Å². The predicted octanol–water partition coefficient (Wildman–Crippen LogP) is 2.26. The van der Waals surface area contributed by atoms with Gasteiger partial charge in [0.05, 0.1) is 13.0 Å². The Balaban J connectivity index is 0.00000220. The molecule has 1 N–H and O–H groups in total. The van der Waals surface area contributed by atoms with Crippen LogP contribution < -0.4 is 5.32 Å². The van der Waals surface area contributed by atoms with E-state index in [1.165, 1.54) is 26.4 Å². The van der Waals surface area contributed by atoms with Crippen LogP contribution in [0.3, 0.4) is 0 Å². The second kappa shape index (κ2) is 9.48. The Morgan fingerprint density at radius 1 is 1.29 bits per heavy atom. The number of halogens is 1. The molecule has 0 unspecified atom stereocenters. The lowest BCUT2D eigenvalue weighted by molar-refractivity contribution is -0.146. The summed E-state index contributed by atoms with van der Waals surface area (Å²) in [6.45, 7) is 5.70. The summed E-state index contributed by atoms with van der Waals surface area (Å²) in [6, 6.07) is 0. The van der Waals surface area contributed by atoms with E-state index in [-0.39, 0.29) is 35.9 Å². The van der Waals surface area contributed by atoms with Crippen LogP contribution in [0.5, 0.6) is 0 Å². The normalized spacial score (nSPS) is 20.5. The highest BCUT2D eigenvalue weighted by atomic mass is 127. The van der Waals surface area contributed by atoms with E-state index in [1.54, 1.807) is 0 Å². The summed E-state index contributed by atoms with van der Waals surface area (Å²) >= 11 is 0. The molecule has 0 amide bonds. The van der Waals surface area contributed by atoms with E-state index in [0.29, 0.717) is 0 Å². The lowest BCUT2D eigenvalue weighted by Gasteiger charge is -2.33. The van der Waals surface area contributed by atoms with Gasteiger partial charge in [0.1, 0.15) is 0 Å². The Labute approximate surface area is 144 Å². The Morgan fingerprint density at radius 3 is 2.43 bits per heavy atom. The first-order valence-electron chi connectivity index (χ1n) is 7.85. The molecule has 2 fully saturated rings. The molecule has 1 aliphatic heterocycles. The highest BCUT2D eigenvalue weighted by Crippen LogP contribution is 2.26. The van der Waals surface area contributed by atoms with Crippen molar-refractivity contribution in [3.05, 3.63) is 0 Å². The average molecular weight is 409 g/mol. The maximum absolute atomic E-state index is 11.5. The number of ether oxygens (including phenoxy) is 1. The van der Waals surface area contributed by atoms with Crippen molar-refractivity contribution in [2.24, 2.45) is 16.8 Å². The molecule has 1 saturated heterocycles. The number of piperidine rings is 1. The molecule has 1 aliphatic carbocycles. The summed E-state index contributed by atoms with van der Waals surface area (Å²) in [7, 11) is 1.47. The molecule has 0 bridgehead atoms. The van der Waals surface area contributed by atoms with Crippen molar-refractivity contribution in [2.75, 3.05) is 33.3 Å². The minimum absolute atomic E-state index is 0. The van der Waals surface area contributed by atoms with Crippen LogP contribution in [-0.4, -0.2) is 50.1 Å². The number of nitrogens with one attached hydrogen (secondary N) is 1. The molecule has 1 heterocycles. The SMILES string of the molecule is CCNC(=NCC1CCC1)N1CCC(C(=O)OC)CC1.I. The number of carbonyl (C=O) groups excluding carboxylic acids is 1. The minimum Gasteiger partial charge on any atom is -0.469 e. The number of esters is 1. The first-order chi connectivity index (χ1) is 9.74. The van der Waals surface area contributed by atoms with Gasteiger partial charge in [-0.3, -0.25) is 9.79 Å². The number of hydrogen-bond donors (Lipinski definition) is 1. The van der Waals surface area contributed by atoms with Gasteiger partial charge >= 0.3 is 5.97 Å². The lowest BCUT2D eigenvalue weighted by Crippen LogP contribution is -2.47. The zero-order chi connectivity index (χ0) is 14.4. The van der Waals surface area contributed by atoms with Crippen LogP contribution in [0.2, 0.25) is 0 Å². The van der Waals surface area contributed by atoms with Crippen molar-refractivity contribution in [3.63, 3.8) is 0 Å². The summed E-state index contributed by atoms with van der Waals surface area (Å²) in [4.78, 5) is 18.6. The molecule has 5 nitrogen and oxygen atoms in total. The summed E-state index contributed by atoms with van der Waals surface area (Å²) in [5, 5.41) is 3.37. The van der Waals surface area contributed by atoms with Gasteiger partial charge in [-0.05, 0) is 38.5 Å². The van der Waals surface area contributed by atoms with Crippen LogP contribution in [0.1, 0.15) is 39.0 Å². The Morgan fingerprint density at radius 2 is 1.95 bits per heavy atom. The Bertz CT molecular complexity index is 351. The molecule has 1 saturated carbocycles. The van der Waals surface area contributed by atoms with E-state index in [4.69, 9.17) is 9.73 Å². The van der Waals surface area contributed by atoms with Gasteiger partial charge in [-0.15, -0.1) is 24.0 Å². The fraction of sp³-hybridized carbons (Fsp3) is 0.867. The molecule has 2 rings (SSSR count). The van der Waals surface area contributed by atoms with Crippen molar-refractivity contribution in [2.45, 2.75) is 39.0 Å². The van der Waals surface area contributed by atoms with E-state index in [1.807, 2.05) is 0 Å². The molecular formula is C15H28IN3O2. The highest BCUT2D eigenvalue weighted by molar-refractivity contribution is 14.0. The van der Waals surface area contributed by atoms with E-state index >= 15 is 0 Å². The van der Waals surface area contributed by atoms with Crippen molar-refractivity contribution in [1.82, 2.24) is 10.2 Å². The number of nitrogens with zero attached hydrogens (tertiary/aromatic N) is 2. The molecule has 0 atom stereocenters. The van der Waals surface area contributed by atoms with E-state index in [0.717, 1.165) is 50.9 Å². The number of aliphatic imine (C=N–C) groups is 1. The summed E-state index contributed by atoms with van der Waals surface area (Å²) in [5.74, 6) is 1.80. The van der Waals surface area contributed by atoms with Gasteiger partial charge in [-0.25, -0.2) is 0 Å². The largest absolute Gasteiger partial charge is 0.469 e. The molecule has 0 radical (unpaired) electrons. The molecule has 0 aromatic heterocycles. The third-order valence-electron chi connectivity index (χ3n) is 4.39. The van der Waals surface area contributed by atoms with Crippen LogP contribution in [-0.2, 0) is 9.53 Å². The van der Waals surface area contributed by atoms with E-state index in [2.05, 4.69) is 17.1 Å². The van der Waals surface area contributed by atoms with Gasteiger partial charge in [-0.2, -0.15) is 0 Å². The topological polar surface area (TPSA) is 53.9 Å². The number of likely N-dealkylation sites (tertiary alicyclic amines) is 1. The summed E-state index contributed by atoms with van der Waals surface area (Å²) < 4.78 is 4.83. The molecular weight excluding hydrogens is 381 g/mol. The lowest BCUT2D eigenvalue weighted by atomic mass is 9.86. The van der Waals surface area contributed by atoms with Crippen molar-refractivity contribution < 1.29 is 9.53 Å². The van der Waals surface area contributed by atoms with Crippen molar-refractivity contribution in [3.8, 4) is 0 Å². The zero-order valence-corrected chi connectivity index (χ0v) is 15.5. The molecule has 122 valence electrons. The zero-order valence-electron chi connectivity index (χ0n) is 13.1. The van der Waals surface area contributed by atoms with Crippen LogP contribution in [0.4, 0.5) is 0 Å². The van der Waals surface area contributed by atoms with Gasteiger partial charge in [0.15, 0.2) is 5.96 Å². The maximum atomic E-state index is 11.5. The maximum Gasteiger partial charge on any atom is 0.308 e. The van der Waals surface area contributed by atoms with Crippen molar-refractivity contribution in [1.29, 1.82) is 0 Å². The number of guanidine groups is 1. The van der Waals surface area contributed by atoms with Gasteiger partial charge in [0.2, 0.25) is 0 Å². The van der Waals surface area contributed by atoms with Crippen molar-refractivity contribution >= 4 is 35.9 Å². The first kappa shape index (κ1) is 18.5. The van der Waals surface area contributed by atoms with Gasteiger partial charge in [-0.1, -0.05) is 6.42 Å². The number of hydrogen-bond acceptors (Lipinski definition) is 3. The second-order valence-electron chi connectivity index (χ2n) is 5.78. The Kier molecular flexibility index (Phi) is 8.36. The monoisotopic (exact) mass is 409 g/mol. The third kappa shape index (κ3) is 5.30. The summed E-state index contributed by atoms with van der Waals surface area (Å²) in [6.07, 6.45) is 5.74. The van der Waals surface area contributed by atoms with Crippen LogP contribution >= 0.6 is 24.0 Å². The molecule has 0 aromatic carbocycles. The standard InChI is InChI=1S/C15H27N3O2.HI/c1-3-16-15(17-11-12-5-4-6-12)18-9-7-13(8-10-18)14(19)20-2;/h12-13H,3-11H2,1-2H3,(H,16,17);1H. The fourth-order valence-electron chi connectivity index (χ4n) is 2.81. The van der Waals surface area contributed by atoms with Crippen LogP contribution in [0.15, 0.2) is 4.99 Å². The predicted molar refractivity (Wildman–Crippen MR) is 95.0 cm³/mol. The number of rotatable bonds is 4. The molecule has 2 aliphatic rings. The average Bonchev–Trinajstić information content (AvgIpc) is 2.44. The number of carbonyl (C=O) groups is 1.